The molecular weight excluding hydrogens is 456 g/mol. The van der Waals surface area contributed by atoms with E-state index in [0.717, 1.165) is 27.9 Å². The Balaban J connectivity index is 1.54. The number of rotatable bonds is 6. The number of carbonyl (C=O) groups is 1. The molecule has 0 spiro atoms. The van der Waals surface area contributed by atoms with E-state index >= 15 is 0 Å². The molecule has 0 atom stereocenters. The van der Waals surface area contributed by atoms with Crippen LogP contribution >= 0.6 is 24.0 Å². The van der Waals surface area contributed by atoms with Crippen LogP contribution in [0.4, 0.5) is 11.4 Å². The average molecular weight is 477 g/mol. The van der Waals surface area contributed by atoms with Gasteiger partial charge in [0.2, 0.25) is 0 Å². The maximum absolute atomic E-state index is 13.1. The minimum Gasteiger partial charge on any atom is -0.488 e. The first-order chi connectivity index (χ1) is 15.8. The van der Waals surface area contributed by atoms with E-state index in [9.17, 15) is 14.9 Å². The van der Waals surface area contributed by atoms with Gasteiger partial charge in [-0.15, -0.1) is 0 Å². The zero-order valence-electron chi connectivity index (χ0n) is 18.0. The number of hydrogen-bond acceptors (Lipinski definition) is 6. The highest BCUT2D eigenvalue weighted by atomic mass is 32.2. The Morgan fingerprint density at radius 1 is 1.06 bits per heavy atom. The molecule has 8 heteroatoms. The summed E-state index contributed by atoms with van der Waals surface area (Å²) in [6.45, 7) is 4.27. The van der Waals surface area contributed by atoms with Crippen LogP contribution in [0.3, 0.4) is 0 Å². The fourth-order valence-electron chi connectivity index (χ4n) is 3.30. The summed E-state index contributed by atoms with van der Waals surface area (Å²) in [5, 5.41) is 10.8. The van der Waals surface area contributed by atoms with Crippen LogP contribution in [0.2, 0.25) is 0 Å². The molecule has 1 aliphatic rings. The molecule has 1 heterocycles. The van der Waals surface area contributed by atoms with Gasteiger partial charge in [-0.25, -0.2) is 0 Å². The molecule has 3 aromatic carbocycles. The molecule has 1 saturated heterocycles. The van der Waals surface area contributed by atoms with Gasteiger partial charge in [0, 0.05) is 17.7 Å². The van der Waals surface area contributed by atoms with Crippen LogP contribution < -0.4 is 9.64 Å². The second-order valence-electron chi connectivity index (χ2n) is 7.54. The molecule has 3 aromatic rings. The summed E-state index contributed by atoms with van der Waals surface area (Å²) in [5.41, 5.74) is 4.59. The van der Waals surface area contributed by atoms with Gasteiger partial charge in [0.1, 0.15) is 12.4 Å². The fraction of sp³-hybridized carbons (Fsp3) is 0.120. The number of ether oxygens (including phenoxy) is 1. The van der Waals surface area contributed by atoms with E-state index in [1.165, 1.54) is 23.9 Å². The maximum Gasteiger partial charge on any atom is 0.270 e. The second-order valence-corrected chi connectivity index (χ2v) is 9.21. The highest BCUT2D eigenvalue weighted by Gasteiger charge is 2.33. The smallest absolute Gasteiger partial charge is 0.270 e. The van der Waals surface area contributed by atoms with Gasteiger partial charge in [-0.1, -0.05) is 48.2 Å². The molecule has 0 unspecified atom stereocenters. The maximum atomic E-state index is 13.1. The molecule has 0 N–H and O–H groups in total. The van der Waals surface area contributed by atoms with Gasteiger partial charge in [0.25, 0.3) is 11.6 Å². The van der Waals surface area contributed by atoms with Gasteiger partial charge in [-0.05, 0) is 66.9 Å². The largest absolute Gasteiger partial charge is 0.488 e. The van der Waals surface area contributed by atoms with Crippen molar-refractivity contribution < 1.29 is 14.5 Å². The van der Waals surface area contributed by atoms with E-state index < -0.39 is 4.92 Å². The quantitative estimate of drug-likeness (QED) is 0.183. The highest BCUT2D eigenvalue weighted by Crippen LogP contribution is 2.37. The molecule has 0 aromatic heterocycles. The summed E-state index contributed by atoms with van der Waals surface area (Å²) in [4.78, 5) is 25.6. The van der Waals surface area contributed by atoms with E-state index in [0.29, 0.717) is 15.0 Å². The van der Waals surface area contributed by atoms with Crippen molar-refractivity contribution >= 4 is 51.7 Å². The highest BCUT2D eigenvalue weighted by molar-refractivity contribution is 8.27. The lowest BCUT2D eigenvalue weighted by Gasteiger charge is -2.16. The van der Waals surface area contributed by atoms with Crippen LogP contribution in [0.1, 0.15) is 22.3 Å². The van der Waals surface area contributed by atoms with Gasteiger partial charge < -0.3 is 4.74 Å². The number of para-hydroxylation sites is 1. The third-order valence-electron chi connectivity index (χ3n) is 5.29. The number of thioether (sulfide) groups is 1. The predicted molar refractivity (Wildman–Crippen MR) is 135 cm³/mol. The first kappa shape index (κ1) is 22.7. The van der Waals surface area contributed by atoms with E-state index in [2.05, 4.69) is 0 Å². The summed E-state index contributed by atoms with van der Waals surface area (Å²) in [5.74, 6) is 0.436. The Bertz CT molecular complexity index is 1290. The zero-order valence-corrected chi connectivity index (χ0v) is 19.6. The van der Waals surface area contributed by atoms with Crippen molar-refractivity contribution in [1.29, 1.82) is 0 Å². The van der Waals surface area contributed by atoms with Crippen molar-refractivity contribution in [3.63, 3.8) is 0 Å². The number of nitrogens with zero attached hydrogens (tertiary/aromatic N) is 2. The van der Waals surface area contributed by atoms with Crippen molar-refractivity contribution in [2.45, 2.75) is 20.5 Å². The van der Waals surface area contributed by atoms with Crippen molar-refractivity contribution in [3.05, 3.63) is 104 Å². The van der Waals surface area contributed by atoms with Crippen LogP contribution in [0.15, 0.2) is 71.6 Å². The number of anilines is 1. The van der Waals surface area contributed by atoms with Crippen LogP contribution in [0, 0.1) is 24.0 Å². The molecule has 1 aliphatic heterocycles. The van der Waals surface area contributed by atoms with Crippen LogP contribution in [0.5, 0.6) is 5.75 Å². The van der Waals surface area contributed by atoms with Crippen molar-refractivity contribution in [2.24, 2.45) is 0 Å². The first-order valence-electron chi connectivity index (χ1n) is 10.1. The third-order valence-corrected chi connectivity index (χ3v) is 6.59. The lowest BCUT2D eigenvalue weighted by atomic mass is 10.1. The Morgan fingerprint density at radius 2 is 1.79 bits per heavy atom. The second kappa shape index (κ2) is 9.56. The van der Waals surface area contributed by atoms with E-state index in [1.54, 1.807) is 23.1 Å². The molecule has 0 radical (unpaired) electrons. The summed E-state index contributed by atoms with van der Waals surface area (Å²) in [6.07, 6.45) is 1.78. The summed E-state index contributed by atoms with van der Waals surface area (Å²) in [7, 11) is 0. The van der Waals surface area contributed by atoms with Crippen molar-refractivity contribution in [1.82, 2.24) is 0 Å². The number of benzene rings is 3. The molecule has 1 fully saturated rings. The Kier molecular flexibility index (Phi) is 6.57. The zero-order chi connectivity index (χ0) is 23.5. The lowest BCUT2D eigenvalue weighted by molar-refractivity contribution is -0.384. The van der Waals surface area contributed by atoms with Crippen molar-refractivity contribution in [3.8, 4) is 5.75 Å². The topological polar surface area (TPSA) is 72.7 Å². The van der Waals surface area contributed by atoms with Gasteiger partial charge in [-0.2, -0.15) is 0 Å². The predicted octanol–water partition coefficient (Wildman–Crippen LogP) is 6.20. The molecule has 6 nitrogen and oxygen atoms in total. The number of nitro benzene ring substituents is 1. The molecule has 0 aliphatic carbocycles. The number of amides is 1. The molecule has 4 rings (SSSR count). The third kappa shape index (κ3) is 4.97. The van der Waals surface area contributed by atoms with E-state index in [4.69, 9.17) is 17.0 Å². The van der Waals surface area contributed by atoms with E-state index in [-0.39, 0.29) is 18.2 Å². The van der Waals surface area contributed by atoms with Crippen LogP contribution in [0.25, 0.3) is 6.08 Å². The summed E-state index contributed by atoms with van der Waals surface area (Å²) in [6, 6.07) is 19.5. The monoisotopic (exact) mass is 476 g/mol. The molecule has 33 heavy (non-hydrogen) atoms. The number of aryl methyl sites for hydroxylation is 2. The standard InChI is InChI=1S/C25H20N2O4S2/c1-16-7-10-21(13-17(16)2)26-24(28)23(33-25(26)32)14-19-5-3-4-6-22(19)31-15-18-8-11-20(12-9-18)27(29)30/h3-14H,15H2,1-2H3/b23-14+. The Morgan fingerprint density at radius 3 is 2.48 bits per heavy atom. The first-order valence-corrected chi connectivity index (χ1v) is 11.4. The lowest BCUT2D eigenvalue weighted by Crippen LogP contribution is -2.27. The fourth-order valence-corrected chi connectivity index (χ4v) is 4.59. The Labute approximate surface area is 201 Å². The normalized spacial score (nSPS) is 14.7. The molecule has 0 saturated carbocycles. The summed E-state index contributed by atoms with van der Waals surface area (Å²) < 4.78 is 6.44. The van der Waals surface area contributed by atoms with Gasteiger partial charge >= 0.3 is 0 Å². The molecular formula is C25H20N2O4S2. The SMILES string of the molecule is Cc1ccc(N2C(=O)/C(=C\c3ccccc3OCc3ccc([N+](=O)[O-])cc3)SC2=S)cc1C. The Hall–Kier alpha value is -3.49. The van der Waals surface area contributed by atoms with Crippen LogP contribution in [-0.2, 0) is 11.4 Å². The molecule has 166 valence electrons. The minimum atomic E-state index is -0.436. The van der Waals surface area contributed by atoms with E-state index in [1.807, 2.05) is 56.3 Å². The average Bonchev–Trinajstić information content (AvgIpc) is 3.08. The van der Waals surface area contributed by atoms with Crippen molar-refractivity contribution in [2.75, 3.05) is 4.90 Å². The molecule has 0 bridgehead atoms. The number of thiocarbonyl (C=S) groups is 1. The molecule has 1 amide bonds. The van der Waals surface area contributed by atoms with Gasteiger partial charge in [0.15, 0.2) is 4.32 Å². The van der Waals surface area contributed by atoms with Crippen LogP contribution in [-0.4, -0.2) is 15.2 Å². The number of carbonyl (C=O) groups excluding carboxylic acids is 1. The number of nitro groups is 1. The van der Waals surface area contributed by atoms with Gasteiger partial charge in [-0.3, -0.25) is 19.8 Å². The summed E-state index contributed by atoms with van der Waals surface area (Å²) >= 11 is 6.75. The number of hydrogen-bond donors (Lipinski definition) is 0. The minimum absolute atomic E-state index is 0.0324. The number of non-ortho nitro benzene ring substituents is 1. The van der Waals surface area contributed by atoms with Gasteiger partial charge in [0.05, 0.1) is 15.5 Å².